The van der Waals surface area contributed by atoms with E-state index in [1.807, 2.05) is 24.0 Å². The minimum Gasteiger partial charge on any atom is -0.377 e. The number of rotatable bonds is 1. The summed E-state index contributed by atoms with van der Waals surface area (Å²) in [6.07, 6.45) is 0. The number of amides is 2. The van der Waals surface area contributed by atoms with Crippen LogP contribution >= 0.6 is 11.8 Å². The average Bonchev–Trinajstić information content (AvgIpc) is 2.46. The van der Waals surface area contributed by atoms with Gasteiger partial charge in [0.05, 0.1) is 30.7 Å². The molecule has 1 saturated heterocycles. The topological polar surface area (TPSA) is 58.6 Å². The Morgan fingerprint density at radius 2 is 2.35 bits per heavy atom. The number of hydrogen-bond donors (Lipinski definition) is 1. The summed E-state index contributed by atoms with van der Waals surface area (Å²) < 4.78 is 5.35. The number of morpholine rings is 1. The van der Waals surface area contributed by atoms with E-state index in [2.05, 4.69) is 5.32 Å². The summed E-state index contributed by atoms with van der Waals surface area (Å²) >= 11 is 1.50. The number of fused-ring (bicyclic) bond motifs is 1. The van der Waals surface area contributed by atoms with Crippen LogP contribution in [0.4, 0.5) is 5.69 Å². The van der Waals surface area contributed by atoms with Gasteiger partial charge in [-0.25, -0.2) is 0 Å². The molecular weight excluding hydrogens is 276 g/mol. The molecular formula is C14H16N2O3S. The first-order valence-electron chi connectivity index (χ1n) is 6.60. The van der Waals surface area contributed by atoms with Crippen LogP contribution in [-0.2, 0) is 9.53 Å². The van der Waals surface area contributed by atoms with E-state index >= 15 is 0 Å². The molecule has 0 spiro atoms. The smallest absolute Gasteiger partial charge is 0.254 e. The summed E-state index contributed by atoms with van der Waals surface area (Å²) in [5, 5.41) is 2.81. The molecule has 2 aliphatic heterocycles. The van der Waals surface area contributed by atoms with Crippen LogP contribution in [0.5, 0.6) is 0 Å². The van der Waals surface area contributed by atoms with Crippen LogP contribution in [0.15, 0.2) is 23.1 Å². The summed E-state index contributed by atoms with van der Waals surface area (Å²) in [6, 6.07) is 5.58. The molecule has 5 nitrogen and oxygen atoms in total. The van der Waals surface area contributed by atoms with Crippen LogP contribution < -0.4 is 5.32 Å². The zero-order chi connectivity index (χ0) is 14.1. The molecule has 1 N–H and O–H groups in total. The molecule has 1 aromatic rings. The zero-order valence-corrected chi connectivity index (χ0v) is 12.0. The molecule has 2 heterocycles. The van der Waals surface area contributed by atoms with Crippen molar-refractivity contribution in [3.63, 3.8) is 0 Å². The number of carbonyl (C=O) groups excluding carboxylic acids is 2. The molecule has 2 amide bonds. The van der Waals surface area contributed by atoms with Gasteiger partial charge in [0.15, 0.2) is 0 Å². The van der Waals surface area contributed by atoms with Gasteiger partial charge in [0.25, 0.3) is 5.91 Å². The Morgan fingerprint density at radius 3 is 3.15 bits per heavy atom. The van der Waals surface area contributed by atoms with E-state index in [1.54, 1.807) is 6.07 Å². The molecule has 0 saturated carbocycles. The Bertz CT molecular complexity index is 561. The van der Waals surface area contributed by atoms with E-state index in [0.29, 0.717) is 31.1 Å². The monoisotopic (exact) mass is 292 g/mol. The van der Waals surface area contributed by atoms with Gasteiger partial charge in [-0.1, -0.05) is 0 Å². The van der Waals surface area contributed by atoms with Crippen LogP contribution in [0, 0.1) is 0 Å². The molecule has 6 heteroatoms. The van der Waals surface area contributed by atoms with Gasteiger partial charge in [0.1, 0.15) is 0 Å². The molecule has 0 bridgehead atoms. The van der Waals surface area contributed by atoms with Crippen LogP contribution in [-0.4, -0.2) is 48.3 Å². The van der Waals surface area contributed by atoms with E-state index in [1.165, 1.54) is 11.8 Å². The molecule has 2 aliphatic rings. The van der Waals surface area contributed by atoms with E-state index in [-0.39, 0.29) is 17.9 Å². The standard InChI is InChI=1S/C14H16N2O3S/c1-9-7-19-5-4-16(9)14(18)10-2-3-12-11(6-10)15-13(17)8-20-12/h2-3,6,9H,4-5,7-8H2,1H3,(H,15,17)/t9-/m0/s1. The number of nitrogens with zero attached hydrogens (tertiary/aromatic N) is 1. The van der Waals surface area contributed by atoms with Gasteiger partial charge in [-0.15, -0.1) is 11.8 Å². The first kappa shape index (κ1) is 13.5. The van der Waals surface area contributed by atoms with Gasteiger partial charge in [-0.05, 0) is 25.1 Å². The largest absolute Gasteiger partial charge is 0.377 e. The van der Waals surface area contributed by atoms with Crippen molar-refractivity contribution in [2.75, 3.05) is 30.8 Å². The molecule has 3 rings (SSSR count). The van der Waals surface area contributed by atoms with E-state index in [4.69, 9.17) is 4.74 Å². The van der Waals surface area contributed by atoms with Crippen molar-refractivity contribution in [2.24, 2.45) is 0 Å². The molecule has 1 atom stereocenters. The summed E-state index contributed by atoms with van der Waals surface area (Å²) in [7, 11) is 0. The second-order valence-corrected chi connectivity index (χ2v) is 5.99. The number of nitrogens with one attached hydrogen (secondary N) is 1. The van der Waals surface area contributed by atoms with Crippen molar-refractivity contribution in [1.82, 2.24) is 4.90 Å². The molecule has 0 aliphatic carbocycles. The highest BCUT2D eigenvalue weighted by Gasteiger charge is 2.26. The molecule has 106 valence electrons. The van der Waals surface area contributed by atoms with Crippen LogP contribution in [0.25, 0.3) is 0 Å². The van der Waals surface area contributed by atoms with Crippen LogP contribution in [0.2, 0.25) is 0 Å². The lowest BCUT2D eigenvalue weighted by atomic mass is 10.1. The third-order valence-electron chi connectivity index (χ3n) is 3.49. The molecule has 0 radical (unpaired) electrons. The van der Waals surface area contributed by atoms with Crippen LogP contribution in [0.1, 0.15) is 17.3 Å². The van der Waals surface area contributed by atoms with Crippen molar-refractivity contribution in [2.45, 2.75) is 17.9 Å². The minimum atomic E-state index is -0.0214. The SMILES string of the molecule is C[C@H]1COCCN1C(=O)c1ccc2c(c1)NC(=O)CS2. The Kier molecular flexibility index (Phi) is 3.67. The van der Waals surface area contributed by atoms with Crippen molar-refractivity contribution < 1.29 is 14.3 Å². The van der Waals surface area contributed by atoms with Gasteiger partial charge < -0.3 is 15.0 Å². The second kappa shape index (κ2) is 5.46. The highest BCUT2D eigenvalue weighted by Crippen LogP contribution is 2.32. The van der Waals surface area contributed by atoms with Gasteiger partial charge in [0, 0.05) is 17.0 Å². The van der Waals surface area contributed by atoms with Crippen molar-refractivity contribution in [1.29, 1.82) is 0 Å². The first-order chi connectivity index (χ1) is 9.65. The van der Waals surface area contributed by atoms with Crippen molar-refractivity contribution in [3.8, 4) is 0 Å². The predicted octanol–water partition coefficient (Wildman–Crippen LogP) is 1.59. The maximum absolute atomic E-state index is 12.5. The first-order valence-corrected chi connectivity index (χ1v) is 7.59. The lowest BCUT2D eigenvalue weighted by Crippen LogP contribution is -2.47. The van der Waals surface area contributed by atoms with Gasteiger partial charge in [-0.3, -0.25) is 9.59 Å². The Hall–Kier alpha value is -1.53. The molecule has 0 unspecified atom stereocenters. The predicted molar refractivity (Wildman–Crippen MR) is 77.1 cm³/mol. The van der Waals surface area contributed by atoms with Crippen molar-refractivity contribution >= 4 is 29.3 Å². The maximum Gasteiger partial charge on any atom is 0.254 e. The molecule has 1 aromatic carbocycles. The Balaban J connectivity index is 1.85. The Morgan fingerprint density at radius 1 is 1.50 bits per heavy atom. The molecule has 0 aromatic heterocycles. The maximum atomic E-state index is 12.5. The average molecular weight is 292 g/mol. The third-order valence-corrected chi connectivity index (χ3v) is 4.56. The van der Waals surface area contributed by atoms with Gasteiger partial charge in [-0.2, -0.15) is 0 Å². The summed E-state index contributed by atoms with van der Waals surface area (Å²) in [5.74, 6) is 0.404. The fourth-order valence-electron chi connectivity index (χ4n) is 2.41. The third kappa shape index (κ3) is 2.53. The summed E-state index contributed by atoms with van der Waals surface area (Å²) in [6.45, 7) is 3.74. The number of carbonyl (C=O) groups is 2. The fourth-order valence-corrected chi connectivity index (χ4v) is 3.20. The van der Waals surface area contributed by atoms with E-state index in [0.717, 1.165) is 10.6 Å². The summed E-state index contributed by atoms with van der Waals surface area (Å²) in [4.78, 5) is 26.8. The Labute approximate surface area is 121 Å². The van der Waals surface area contributed by atoms with Gasteiger partial charge >= 0.3 is 0 Å². The number of ether oxygens (including phenoxy) is 1. The molecule has 20 heavy (non-hydrogen) atoms. The fraction of sp³-hybridized carbons (Fsp3) is 0.429. The minimum absolute atomic E-state index is 0.00609. The number of thioether (sulfide) groups is 1. The van der Waals surface area contributed by atoms with E-state index < -0.39 is 0 Å². The lowest BCUT2D eigenvalue weighted by Gasteiger charge is -2.33. The summed E-state index contributed by atoms with van der Waals surface area (Å²) in [5.41, 5.74) is 1.35. The van der Waals surface area contributed by atoms with Crippen molar-refractivity contribution in [3.05, 3.63) is 23.8 Å². The quantitative estimate of drug-likeness (QED) is 0.854. The zero-order valence-electron chi connectivity index (χ0n) is 11.2. The lowest BCUT2D eigenvalue weighted by molar-refractivity contribution is -0.113. The normalized spacial score (nSPS) is 22.1. The highest BCUT2D eigenvalue weighted by atomic mass is 32.2. The number of benzene rings is 1. The highest BCUT2D eigenvalue weighted by molar-refractivity contribution is 8.00. The number of hydrogen-bond acceptors (Lipinski definition) is 4. The second-order valence-electron chi connectivity index (χ2n) is 4.97. The molecule has 1 fully saturated rings. The van der Waals surface area contributed by atoms with Gasteiger partial charge in [0.2, 0.25) is 5.91 Å². The number of anilines is 1. The van der Waals surface area contributed by atoms with Crippen LogP contribution in [0.3, 0.4) is 0 Å². The van der Waals surface area contributed by atoms with E-state index in [9.17, 15) is 9.59 Å².